The van der Waals surface area contributed by atoms with Crippen LogP contribution in [0.4, 0.5) is 8.78 Å². The van der Waals surface area contributed by atoms with E-state index in [2.05, 4.69) is 9.72 Å². The van der Waals surface area contributed by atoms with Crippen molar-refractivity contribution in [1.29, 1.82) is 0 Å². The predicted octanol–water partition coefficient (Wildman–Crippen LogP) is 4.37. The molecule has 1 fully saturated rings. The number of aromatic carboxylic acids is 1. The Morgan fingerprint density at radius 3 is 2.79 bits per heavy atom. The van der Waals surface area contributed by atoms with Crippen LogP contribution >= 0.6 is 0 Å². The van der Waals surface area contributed by atoms with Gasteiger partial charge in [-0.05, 0) is 37.1 Å². The van der Waals surface area contributed by atoms with E-state index < -0.39 is 12.3 Å². The molecule has 2 heterocycles. The molecule has 1 N–H and O–H groups in total. The first-order chi connectivity index (χ1) is 13.4. The maximum atomic E-state index is 13.5. The lowest BCUT2D eigenvalue weighted by molar-refractivity contribution is -0.286. The van der Waals surface area contributed by atoms with Crippen LogP contribution in [0.15, 0.2) is 36.4 Å². The number of rotatable bonds is 4. The third kappa shape index (κ3) is 2.67. The third-order valence-corrected chi connectivity index (χ3v) is 5.33. The molecule has 0 atom stereocenters. The number of carboxylic acids is 1. The number of benzene rings is 2. The van der Waals surface area contributed by atoms with E-state index in [1.165, 1.54) is 12.1 Å². The summed E-state index contributed by atoms with van der Waals surface area (Å²) in [6, 6.07) is 9.58. The number of hydrogen-bond donors (Lipinski definition) is 1. The van der Waals surface area contributed by atoms with Gasteiger partial charge in [0.15, 0.2) is 11.5 Å². The summed E-state index contributed by atoms with van der Waals surface area (Å²) in [6.45, 7) is 0.275. The highest BCUT2D eigenvalue weighted by Crippen LogP contribution is 2.44. The van der Waals surface area contributed by atoms with Crippen LogP contribution in [0.5, 0.6) is 11.5 Å². The Balaban J connectivity index is 1.61. The SMILES string of the molecule is O=C(O)c1ccc2c(c1)nc(C1CCC1)n2Cc1cccc2c1OC(F)(F)O2. The van der Waals surface area contributed by atoms with Gasteiger partial charge in [0.25, 0.3) is 0 Å². The highest BCUT2D eigenvalue weighted by atomic mass is 19.3. The van der Waals surface area contributed by atoms with Gasteiger partial charge >= 0.3 is 12.3 Å². The molecule has 6 nitrogen and oxygen atoms in total. The lowest BCUT2D eigenvalue weighted by Gasteiger charge is -2.25. The second-order valence-electron chi connectivity index (χ2n) is 7.10. The van der Waals surface area contributed by atoms with E-state index in [0.29, 0.717) is 11.1 Å². The summed E-state index contributed by atoms with van der Waals surface area (Å²) in [5.41, 5.74) is 2.05. The van der Waals surface area contributed by atoms with Gasteiger partial charge in [-0.25, -0.2) is 9.78 Å². The van der Waals surface area contributed by atoms with Crippen molar-refractivity contribution in [2.45, 2.75) is 38.0 Å². The molecule has 1 aliphatic heterocycles. The summed E-state index contributed by atoms with van der Waals surface area (Å²) < 4.78 is 38.3. The standard InChI is InChI=1S/C20H16F2N2O4/c21-20(22)27-16-6-2-5-13(17(16)28-20)10-24-15-8-7-12(19(25)26)9-14(15)23-18(24)11-3-1-4-11/h2,5-9,11H,1,3-4,10H2,(H,25,26). The zero-order valence-electron chi connectivity index (χ0n) is 14.7. The smallest absolute Gasteiger partial charge is 0.478 e. The molecule has 2 aromatic carbocycles. The molecule has 5 rings (SSSR count). The molecule has 1 saturated carbocycles. The topological polar surface area (TPSA) is 73.6 Å². The summed E-state index contributed by atoms with van der Waals surface area (Å²) in [5.74, 6) is 0.125. The van der Waals surface area contributed by atoms with Crippen molar-refractivity contribution >= 4 is 17.0 Å². The second kappa shape index (κ2) is 5.92. The first kappa shape index (κ1) is 17.0. The fourth-order valence-corrected chi connectivity index (χ4v) is 3.75. The summed E-state index contributed by atoms with van der Waals surface area (Å²) >= 11 is 0. The third-order valence-electron chi connectivity index (χ3n) is 5.33. The summed E-state index contributed by atoms with van der Waals surface area (Å²) in [5, 5.41) is 9.24. The van der Waals surface area contributed by atoms with Crippen LogP contribution in [0.3, 0.4) is 0 Å². The Morgan fingerprint density at radius 2 is 2.07 bits per heavy atom. The van der Waals surface area contributed by atoms with Crippen LogP contribution in [-0.4, -0.2) is 26.9 Å². The molecule has 1 aliphatic carbocycles. The molecule has 0 saturated heterocycles. The number of carboxylic acid groups (broad SMARTS) is 1. The lowest BCUT2D eigenvalue weighted by Crippen LogP contribution is -2.26. The van der Waals surface area contributed by atoms with Crippen molar-refractivity contribution in [3.8, 4) is 11.5 Å². The van der Waals surface area contributed by atoms with E-state index in [1.54, 1.807) is 24.3 Å². The molecule has 0 bridgehead atoms. The molecule has 2 aliphatic rings. The number of imidazole rings is 1. The zero-order chi connectivity index (χ0) is 19.5. The monoisotopic (exact) mass is 386 g/mol. The number of hydrogen-bond acceptors (Lipinski definition) is 4. The Morgan fingerprint density at radius 1 is 1.25 bits per heavy atom. The first-order valence-corrected chi connectivity index (χ1v) is 9.02. The summed E-state index contributed by atoms with van der Waals surface area (Å²) in [4.78, 5) is 16.0. The van der Waals surface area contributed by atoms with Gasteiger partial charge in [-0.15, -0.1) is 8.78 Å². The largest absolute Gasteiger partial charge is 0.586 e. The van der Waals surface area contributed by atoms with Gasteiger partial charge in [-0.1, -0.05) is 18.6 Å². The van der Waals surface area contributed by atoms with Gasteiger partial charge in [-0.3, -0.25) is 0 Å². The minimum atomic E-state index is -3.68. The number of halogens is 2. The van der Waals surface area contributed by atoms with Crippen molar-refractivity contribution < 1.29 is 28.2 Å². The molecule has 144 valence electrons. The zero-order valence-corrected chi connectivity index (χ0v) is 14.7. The van der Waals surface area contributed by atoms with Gasteiger partial charge in [0.1, 0.15) is 5.82 Å². The van der Waals surface area contributed by atoms with Gasteiger partial charge < -0.3 is 19.1 Å². The van der Waals surface area contributed by atoms with Gasteiger partial charge in [0, 0.05) is 11.5 Å². The molecule has 1 aromatic heterocycles. The average Bonchev–Trinajstić information content (AvgIpc) is 3.09. The molecular formula is C20H16F2N2O4. The van der Waals surface area contributed by atoms with E-state index in [0.717, 1.165) is 30.6 Å². The maximum absolute atomic E-state index is 13.5. The maximum Gasteiger partial charge on any atom is 0.586 e. The molecule has 0 spiro atoms. The number of ether oxygens (including phenoxy) is 2. The Hall–Kier alpha value is -3.16. The minimum Gasteiger partial charge on any atom is -0.478 e. The normalized spacial score (nSPS) is 17.6. The van der Waals surface area contributed by atoms with Crippen molar-refractivity contribution in [3.05, 3.63) is 53.3 Å². The fourth-order valence-electron chi connectivity index (χ4n) is 3.75. The number of fused-ring (bicyclic) bond motifs is 2. The molecule has 0 amide bonds. The van der Waals surface area contributed by atoms with Gasteiger partial charge in [-0.2, -0.15) is 0 Å². The van der Waals surface area contributed by atoms with Crippen molar-refractivity contribution in [3.63, 3.8) is 0 Å². The van der Waals surface area contributed by atoms with E-state index in [1.807, 2.05) is 4.57 Å². The predicted molar refractivity (Wildman–Crippen MR) is 95.0 cm³/mol. The summed E-state index contributed by atoms with van der Waals surface area (Å²) in [6.07, 6.45) is -0.569. The van der Waals surface area contributed by atoms with E-state index in [9.17, 15) is 18.7 Å². The number of alkyl halides is 2. The first-order valence-electron chi connectivity index (χ1n) is 9.02. The van der Waals surface area contributed by atoms with Crippen molar-refractivity contribution in [2.75, 3.05) is 0 Å². The lowest BCUT2D eigenvalue weighted by atomic mass is 9.85. The van der Waals surface area contributed by atoms with Crippen molar-refractivity contribution in [1.82, 2.24) is 9.55 Å². The Labute approximate surface area is 158 Å². The molecule has 28 heavy (non-hydrogen) atoms. The van der Waals surface area contributed by atoms with Crippen LogP contribution in [0.1, 0.15) is 46.9 Å². The van der Waals surface area contributed by atoms with Crippen LogP contribution < -0.4 is 9.47 Å². The van der Waals surface area contributed by atoms with Crippen molar-refractivity contribution in [2.24, 2.45) is 0 Å². The van der Waals surface area contributed by atoms with E-state index in [-0.39, 0.29) is 29.5 Å². The van der Waals surface area contributed by atoms with Crippen LogP contribution in [0, 0.1) is 0 Å². The molecular weight excluding hydrogens is 370 g/mol. The number of para-hydroxylation sites is 1. The van der Waals surface area contributed by atoms with Crippen LogP contribution in [0.25, 0.3) is 11.0 Å². The average molecular weight is 386 g/mol. The molecule has 8 heteroatoms. The van der Waals surface area contributed by atoms with Gasteiger partial charge in [0.2, 0.25) is 0 Å². The van der Waals surface area contributed by atoms with Gasteiger partial charge in [0.05, 0.1) is 23.1 Å². The molecule has 3 aromatic rings. The summed E-state index contributed by atoms with van der Waals surface area (Å²) in [7, 11) is 0. The second-order valence-corrected chi connectivity index (χ2v) is 7.10. The highest BCUT2D eigenvalue weighted by molar-refractivity contribution is 5.92. The molecule has 0 unspecified atom stereocenters. The minimum absolute atomic E-state index is 0.00489. The Bertz CT molecular complexity index is 1110. The Kier molecular flexibility index (Phi) is 3.59. The highest BCUT2D eigenvalue weighted by Gasteiger charge is 2.44. The van der Waals surface area contributed by atoms with Crippen LogP contribution in [0.2, 0.25) is 0 Å². The van der Waals surface area contributed by atoms with E-state index in [4.69, 9.17) is 4.74 Å². The quantitative estimate of drug-likeness (QED) is 0.721. The van der Waals surface area contributed by atoms with Crippen LogP contribution in [-0.2, 0) is 6.54 Å². The van der Waals surface area contributed by atoms with E-state index >= 15 is 0 Å². The number of nitrogens with zero attached hydrogens (tertiary/aromatic N) is 2. The number of aromatic nitrogens is 2. The number of carbonyl (C=O) groups is 1. The fraction of sp³-hybridized carbons (Fsp3) is 0.300. The molecule has 0 radical (unpaired) electrons.